The van der Waals surface area contributed by atoms with Gasteiger partial charge in [0, 0.05) is 32.6 Å². The first-order valence-electron chi connectivity index (χ1n) is 8.13. The third-order valence-electron chi connectivity index (χ3n) is 5.29. The molecular formula is C16H22N2O4S. The van der Waals surface area contributed by atoms with E-state index < -0.39 is 16.3 Å². The Balaban J connectivity index is 1.45. The predicted octanol–water partition coefficient (Wildman–Crippen LogP) is 0.863. The van der Waals surface area contributed by atoms with E-state index in [0.717, 1.165) is 11.1 Å². The molecule has 1 unspecified atom stereocenters. The molecule has 3 aliphatic rings. The summed E-state index contributed by atoms with van der Waals surface area (Å²) in [7, 11) is -3.44. The lowest BCUT2D eigenvalue weighted by Gasteiger charge is -2.39. The average Bonchev–Trinajstić information content (AvgIpc) is 3.12. The zero-order valence-electron chi connectivity index (χ0n) is 13.0. The number of rotatable bonds is 2. The largest absolute Gasteiger partial charge is 0.391 e. The van der Waals surface area contributed by atoms with E-state index in [-0.39, 0.29) is 5.60 Å². The van der Waals surface area contributed by atoms with Crippen molar-refractivity contribution >= 4 is 10.2 Å². The maximum atomic E-state index is 12.9. The molecule has 3 heterocycles. The topological polar surface area (TPSA) is 70.1 Å². The molecule has 4 rings (SSSR count). The van der Waals surface area contributed by atoms with Crippen molar-refractivity contribution in [1.29, 1.82) is 0 Å². The Kier molecular flexibility index (Phi) is 3.73. The summed E-state index contributed by atoms with van der Waals surface area (Å²) in [6, 6.07) is 7.87. The van der Waals surface area contributed by atoms with Crippen molar-refractivity contribution in [3.63, 3.8) is 0 Å². The van der Waals surface area contributed by atoms with Crippen molar-refractivity contribution in [1.82, 2.24) is 8.61 Å². The molecule has 7 heteroatoms. The van der Waals surface area contributed by atoms with Gasteiger partial charge in [0.15, 0.2) is 0 Å². The van der Waals surface area contributed by atoms with Crippen LogP contribution in [0.1, 0.15) is 30.4 Å². The van der Waals surface area contributed by atoms with Crippen LogP contribution in [-0.2, 0) is 28.0 Å². The van der Waals surface area contributed by atoms with Gasteiger partial charge in [-0.1, -0.05) is 24.3 Å². The maximum absolute atomic E-state index is 12.9. The molecule has 6 nitrogen and oxygen atoms in total. The molecule has 2 saturated heterocycles. The van der Waals surface area contributed by atoms with E-state index >= 15 is 0 Å². The lowest BCUT2D eigenvalue weighted by Crippen LogP contribution is -2.50. The summed E-state index contributed by atoms with van der Waals surface area (Å²) in [5.41, 5.74) is 1.86. The van der Waals surface area contributed by atoms with E-state index in [4.69, 9.17) is 4.74 Å². The summed E-state index contributed by atoms with van der Waals surface area (Å²) in [6.07, 6.45) is 1.52. The second kappa shape index (κ2) is 5.53. The van der Waals surface area contributed by atoms with Crippen molar-refractivity contribution in [2.24, 2.45) is 0 Å². The minimum Gasteiger partial charge on any atom is -0.391 e. The van der Waals surface area contributed by atoms with Crippen molar-refractivity contribution in [3.05, 3.63) is 35.4 Å². The summed E-state index contributed by atoms with van der Waals surface area (Å²) < 4.78 is 34.6. The Morgan fingerprint density at radius 2 is 1.70 bits per heavy atom. The van der Waals surface area contributed by atoms with Crippen LogP contribution < -0.4 is 0 Å². The summed E-state index contributed by atoms with van der Waals surface area (Å²) >= 11 is 0. The highest BCUT2D eigenvalue weighted by Gasteiger charge is 2.45. The van der Waals surface area contributed by atoms with Gasteiger partial charge in [0.25, 0.3) is 10.2 Å². The molecule has 0 aromatic heterocycles. The third-order valence-corrected chi connectivity index (χ3v) is 7.22. The molecule has 1 aromatic carbocycles. The Labute approximate surface area is 136 Å². The van der Waals surface area contributed by atoms with Gasteiger partial charge in [0.2, 0.25) is 0 Å². The predicted molar refractivity (Wildman–Crippen MR) is 84.7 cm³/mol. The summed E-state index contributed by atoms with van der Waals surface area (Å²) in [5.74, 6) is 0. The van der Waals surface area contributed by atoms with Gasteiger partial charge in [-0.2, -0.15) is 17.0 Å². The number of piperidine rings is 1. The van der Waals surface area contributed by atoms with E-state index in [1.807, 2.05) is 24.3 Å². The van der Waals surface area contributed by atoms with Crippen LogP contribution in [0.2, 0.25) is 0 Å². The molecule has 1 spiro atoms. The van der Waals surface area contributed by atoms with Crippen LogP contribution in [0.4, 0.5) is 0 Å². The normalized spacial score (nSPS) is 28.3. The van der Waals surface area contributed by atoms with Crippen LogP contribution in [0.3, 0.4) is 0 Å². The van der Waals surface area contributed by atoms with Crippen molar-refractivity contribution in [2.75, 3.05) is 19.7 Å². The second-order valence-electron chi connectivity index (χ2n) is 6.80. The Bertz CT molecular complexity index is 673. The molecule has 126 valence electrons. The van der Waals surface area contributed by atoms with Gasteiger partial charge >= 0.3 is 0 Å². The van der Waals surface area contributed by atoms with Crippen molar-refractivity contribution in [2.45, 2.75) is 44.1 Å². The first-order chi connectivity index (χ1) is 11.0. The van der Waals surface area contributed by atoms with Gasteiger partial charge in [0.05, 0.1) is 18.3 Å². The lowest BCUT2D eigenvalue weighted by atomic mass is 9.89. The molecule has 0 bridgehead atoms. The van der Waals surface area contributed by atoms with E-state index in [0.29, 0.717) is 52.0 Å². The molecule has 0 aliphatic carbocycles. The van der Waals surface area contributed by atoms with Gasteiger partial charge in [-0.05, 0) is 24.0 Å². The molecule has 3 aliphatic heterocycles. The third kappa shape index (κ3) is 2.70. The number of aliphatic hydroxyl groups excluding tert-OH is 1. The number of fused-ring (bicyclic) bond motifs is 1. The van der Waals surface area contributed by atoms with Gasteiger partial charge in [-0.15, -0.1) is 0 Å². The van der Waals surface area contributed by atoms with E-state index in [9.17, 15) is 13.5 Å². The highest BCUT2D eigenvalue weighted by molar-refractivity contribution is 7.86. The molecule has 2 fully saturated rings. The monoisotopic (exact) mass is 338 g/mol. The van der Waals surface area contributed by atoms with Crippen LogP contribution in [0.5, 0.6) is 0 Å². The zero-order valence-corrected chi connectivity index (χ0v) is 13.8. The molecule has 23 heavy (non-hydrogen) atoms. The van der Waals surface area contributed by atoms with Crippen LogP contribution in [-0.4, -0.2) is 53.5 Å². The molecule has 1 aromatic rings. The fourth-order valence-electron chi connectivity index (χ4n) is 3.92. The van der Waals surface area contributed by atoms with Crippen LogP contribution in [0, 0.1) is 0 Å². The summed E-state index contributed by atoms with van der Waals surface area (Å²) in [4.78, 5) is 0. The standard InChI is InChI=1S/C16H22N2O4S/c19-15-9-16(22-12-15)5-7-17(8-6-16)23(20,21)18-10-13-3-1-2-4-14(13)11-18/h1-4,15,19H,5-12H2. The Morgan fingerprint density at radius 1 is 1.09 bits per heavy atom. The number of ether oxygens (including phenoxy) is 1. The second-order valence-corrected chi connectivity index (χ2v) is 8.72. The highest BCUT2D eigenvalue weighted by atomic mass is 32.2. The van der Waals surface area contributed by atoms with Crippen LogP contribution >= 0.6 is 0 Å². The molecule has 0 radical (unpaired) electrons. The first kappa shape index (κ1) is 15.5. The summed E-state index contributed by atoms with van der Waals surface area (Å²) in [5, 5.41) is 9.68. The lowest BCUT2D eigenvalue weighted by molar-refractivity contribution is -0.0329. The number of hydrogen-bond donors (Lipinski definition) is 1. The molecule has 1 N–H and O–H groups in total. The quantitative estimate of drug-likeness (QED) is 0.868. The van der Waals surface area contributed by atoms with E-state index in [1.54, 1.807) is 8.61 Å². The molecule has 1 atom stereocenters. The van der Waals surface area contributed by atoms with Gasteiger partial charge in [0.1, 0.15) is 0 Å². The van der Waals surface area contributed by atoms with Crippen molar-refractivity contribution < 1.29 is 18.3 Å². The highest BCUT2D eigenvalue weighted by Crippen LogP contribution is 2.37. The van der Waals surface area contributed by atoms with Crippen LogP contribution in [0.15, 0.2) is 24.3 Å². The van der Waals surface area contributed by atoms with E-state index in [1.165, 1.54) is 0 Å². The fourth-order valence-corrected chi connectivity index (χ4v) is 5.50. The van der Waals surface area contributed by atoms with E-state index in [2.05, 4.69) is 0 Å². The number of hydrogen-bond acceptors (Lipinski definition) is 4. The van der Waals surface area contributed by atoms with Gasteiger partial charge in [-0.25, -0.2) is 0 Å². The molecular weight excluding hydrogens is 316 g/mol. The SMILES string of the molecule is O=S(=O)(N1CCC2(CC1)CC(O)CO2)N1Cc2ccccc2C1. The fraction of sp³-hybridized carbons (Fsp3) is 0.625. The number of nitrogens with zero attached hydrogens (tertiary/aromatic N) is 2. The Morgan fingerprint density at radius 3 is 2.22 bits per heavy atom. The zero-order chi connectivity index (χ0) is 16.1. The maximum Gasteiger partial charge on any atom is 0.282 e. The number of aliphatic hydroxyl groups is 1. The minimum absolute atomic E-state index is 0.320. The van der Waals surface area contributed by atoms with Gasteiger partial charge in [-0.3, -0.25) is 0 Å². The van der Waals surface area contributed by atoms with Gasteiger partial charge < -0.3 is 9.84 Å². The van der Waals surface area contributed by atoms with Crippen LogP contribution in [0.25, 0.3) is 0 Å². The Hall–Kier alpha value is -0.990. The smallest absolute Gasteiger partial charge is 0.282 e. The summed E-state index contributed by atoms with van der Waals surface area (Å²) in [6.45, 7) is 2.20. The molecule has 0 saturated carbocycles. The van der Waals surface area contributed by atoms with Crippen molar-refractivity contribution in [3.8, 4) is 0 Å². The number of benzene rings is 1. The molecule has 0 amide bonds. The average molecular weight is 338 g/mol. The first-order valence-corrected chi connectivity index (χ1v) is 9.52. The minimum atomic E-state index is -3.44.